The number of nitrogens with zero attached hydrogens (tertiary/aromatic N) is 4. The molecule has 0 fully saturated rings. The lowest BCUT2D eigenvalue weighted by atomic mass is 10.2. The maximum absolute atomic E-state index is 4.45. The minimum Gasteiger partial charge on any atom is -0.334 e. The first-order valence-corrected chi connectivity index (χ1v) is 6.83. The summed E-state index contributed by atoms with van der Waals surface area (Å²) in [6.45, 7) is 6.23. The van der Waals surface area contributed by atoms with Crippen LogP contribution < -0.4 is 0 Å². The van der Waals surface area contributed by atoms with Crippen LogP contribution in [0.4, 0.5) is 0 Å². The molecule has 4 heteroatoms. The van der Waals surface area contributed by atoms with Gasteiger partial charge >= 0.3 is 0 Å². The molecule has 4 nitrogen and oxygen atoms in total. The SMILES string of the molecule is CCCn1ccnc1CN(C)[C@@H](C)c1ccccn1. The van der Waals surface area contributed by atoms with Crippen molar-refractivity contribution in [2.75, 3.05) is 7.05 Å². The molecule has 2 heterocycles. The van der Waals surface area contributed by atoms with Gasteiger partial charge in [-0.15, -0.1) is 0 Å². The van der Waals surface area contributed by atoms with Crippen LogP contribution in [-0.4, -0.2) is 26.5 Å². The van der Waals surface area contributed by atoms with Gasteiger partial charge in [0.25, 0.3) is 0 Å². The van der Waals surface area contributed by atoms with Crippen molar-refractivity contribution >= 4 is 0 Å². The molecule has 102 valence electrons. The summed E-state index contributed by atoms with van der Waals surface area (Å²) in [5.41, 5.74) is 1.10. The standard InChI is InChI=1S/C15H22N4/c1-4-10-19-11-9-17-15(19)12-18(3)13(2)14-7-5-6-8-16-14/h5-9,11,13H,4,10,12H2,1-3H3/t13-/m0/s1. The van der Waals surface area contributed by atoms with Crippen molar-refractivity contribution < 1.29 is 0 Å². The number of aryl methyl sites for hydroxylation is 1. The van der Waals surface area contributed by atoms with E-state index in [1.54, 1.807) is 0 Å². The molecule has 0 amide bonds. The Kier molecular flexibility index (Phi) is 4.68. The van der Waals surface area contributed by atoms with Crippen molar-refractivity contribution in [3.63, 3.8) is 0 Å². The first-order valence-electron chi connectivity index (χ1n) is 6.83. The van der Waals surface area contributed by atoms with Gasteiger partial charge in [-0.25, -0.2) is 4.98 Å². The van der Waals surface area contributed by atoms with Gasteiger partial charge in [-0.3, -0.25) is 9.88 Å². The zero-order valence-corrected chi connectivity index (χ0v) is 12.0. The Morgan fingerprint density at radius 2 is 2.11 bits per heavy atom. The van der Waals surface area contributed by atoms with E-state index in [4.69, 9.17) is 0 Å². The molecule has 0 bridgehead atoms. The van der Waals surface area contributed by atoms with E-state index in [1.165, 1.54) is 0 Å². The quantitative estimate of drug-likeness (QED) is 0.799. The van der Waals surface area contributed by atoms with E-state index in [-0.39, 0.29) is 6.04 Å². The first kappa shape index (κ1) is 13.7. The fourth-order valence-corrected chi connectivity index (χ4v) is 2.15. The topological polar surface area (TPSA) is 34.0 Å². The number of pyridine rings is 1. The molecule has 2 rings (SSSR count). The van der Waals surface area contributed by atoms with E-state index in [0.717, 1.165) is 31.0 Å². The monoisotopic (exact) mass is 258 g/mol. The summed E-state index contributed by atoms with van der Waals surface area (Å²) in [6, 6.07) is 6.34. The molecule has 0 aliphatic heterocycles. The zero-order valence-electron chi connectivity index (χ0n) is 12.0. The van der Waals surface area contributed by atoms with Crippen molar-refractivity contribution in [1.29, 1.82) is 0 Å². The van der Waals surface area contributed by atoms with Gasteiger partial charge in [0.05, 0.1) is 12.2 Å². The number of aromatic nitrogens is 3. The predicted octanol–water partition coefficient (Wildman–Crippen LogP) is 2.88. The van der Waals surface area contributed by atoms with Crippen LogP contribution in [0.2, 0.25) is 0 Å². The van der Waals surface area contributed by atoms with Crippen LogP contribution >= 0.6 is 0 Å². The van der Waals surface area contributed by atoms with Crippen molar-refractivity contribution in [3.8, 4) is 0 Å². The lowest BCUT2D eigenvalue weighted by Gasteiger charge is -2.24. The predicted molar refractivity (Wildman–Crippen MR) is 76.6 cm³/mol. The van der Waals surface area contributed by atoms with Crippen LogP contribution in [0.25, 0.3) is 0 Å². The molecule has 0 N–H and O–H groups in total. The average Bonchev–Trinajstić information content (AvgIpc) is 2.86. The van der Waals surface area contributed by atoms with Crippen LogP contribution in [0.3, 0.4) is 0 Å². The number of hydrogen-bond acceptors (Lipinski definition) is 3. The second-order valence-electron chi connectivity index (χ2n) is 4.88. The van der Waals surface area contributed by atoms with E-state index in [1.807, 2.05) is 24.5 Å². The molecule has 19 heavy (non-hydrogen) atoms. The largest absolute Gasteiger partial charge is 0.334 e. The number of rotatable bonds is 6. The fourth-order valence-electron chi connectivity index (χ4n) is 2.15. The summed E-state index contributed by atoms with van der Waals surface area (Å²) in [6.07, 6.45) is 6.91. The molecule has 2 aromatic rings. The Bertz CT molecular complexity index is 492. The van der Waals surface area contributed by atoms with E-state index in [0.29, 0.717) is 0 Å². The highest BCUT2D eigenvalue weighted by Gasteiger charge is 2.14. The Balaban J connectivity index is 2.04. The van der Waals surface area contributed by atoms with Gasteiger partial charge in [-0.05, 0) is 32.5 Å². The Morgan fingerprint density at radius 3 is 2.79 bits per heavy atom. The minimum atomic E-state index is 0.285. The van der Waals surface area contributed by atoms with Gasteiger partial charge in [0.1, 0.15) is 5.82 Å². The van der Waals surface area contributed by atoms with Crippen LogP contribution in [-0.2, 0) is 13.1 Å². The van der Waals surface area contributed by atoms with Gasteiger partial charge in [-0.1, -0.05) is 13.0 Å². The summed E-state index contributed by atoms with van der Waals surface area (Å²) >= 11 is 0. The Hall–Kier alpha value is -1.68. The van der Waals surface area contributed by atoms with Crippen LogP contribution in [0.1, 0.15) is 37.8 Å². The smallest absolute Gasteiger partial charge is 0.122 e. The molecule has 0 saturated carbocycles. The summed E-state index contributed by atoms with van der Waals surface area (Å²) < 4.78 is 2.22. The summed E-state index contributed by atoms with van der Waals surface area (Å²) in [7, 11) is 2.12. The molecule has 2 aromatic heterocycles. The lowest BCUT2D eigenvalue weighted by Crippen LogP contribution is -2.24. The third kappa shape index (κ3) is 3.41. The highest BCUT2D eigenvalue weighted by molar-refractivity contribution is 5.08. The third-order valence-electron chi connectivity index (χ3n) is 3.43. The Labute approximate surface area is 115 Å². The molecule has 0 spiro atoms. The van der Waals surface area contributed by atoms with Crippen LogP contribution in [0, 0.1) is 0 Å². The summed E-state index contributed by atoms with van der Waals surface area (Å²) in [4.78, 5) is 11.1. The third-order valence-corrected chi connectivity index (χ3v) is 3.43. The van der Waals surface area contributed by atoms with Crippen LogP contribution in [0.15, 0.2) is 36.8 Å². The van der Waals surface area contributed by atoms with Crippen molar-refractivity contribution in [2.24, 2.45) is 0 Å². The Morgan fingerprint density at radius 1 is 1.26 bits per heavy atom. The average molecular weight is 258 g/mol. The number of imidazole rings is 1. The molecular formula is C15H22N4. The fraction of sp³-hybridized carbons (Fsp3) is 0.467. The van der Waals surface area contributed by atoms with E-state index < -0.39 is 0 Å². The van der Waals surface area contributed by atoms with Crippen molar-refractivity contribution in [1.82, 2.24) is 19.4 Å². The maximum atomic E-state index is 4.45. The van der Waals surface area contributed by atoms with Crippen LogP contribution in [0.5, 0.6) is 0 Å². The molecule has 0 unspecified atom stereocenters. The highest BCUT2D eigenvalue weighted by Crippen LogP contribution is 2.17. The highest BCUT2D eigenvalue weighted by atomic mass is 15.2. The molecule has 0 aliphatic carbocycles. The molecule has 0 aromatic carbocycles. The minimum absolute atomic E-state index is 0.285. The molecule has 0 saturated heterocycles. The lowest BCUT2D eigenvalue weighted by molar-refractivity contribution is 0.239. The maximum Gasteiger partial charge on any atom is 0.122 e. The van der Waals surface area contributed by atoms with Crippen molar-refractivity contribution in [2.45, 2.75) is 39.4 Å². The van der Waals surface area contributed by atoms with E-state index >= 15 is 0 Å². The normalized spacial score (nSPS) is 12.8. The van der Waals surface area contributed by atoms with Gasteiger partial charge < -0.3 is 4.57 Å². The van der Waals surface area contributed by atoms with Gasteiger partial charge in [-0.2, -0.15) is 0 Å². The van der Waals surface area contributed by atoms with Gasteiger partial charge in [0.15, 0.2) is 0 Å². The van der Waals surface area contributed by atoms with Gasteiger partial charge in [0, 0.05) is 31.2 Å². The van der Waals surface area contributed by atoms with E-state index in [9.17, 15) is 0 Å². The van der Waals surface area contributed by atoms with E-state index in [2.05, 4.69) is 52.6 Å². The summed E-state index contributed by atoms with van der Waals surface area (Å²) in [5, 5.41) is 0. The molecule has 0 aliphatic rings. The molecule has 1 atom stereocenters. The second kappa shape index (κ2) is 6.48. The second-order valence-corrected chi connectivity index (χ2v) is 4.88. The van der Waals surface area contributed by atoms with Gasteiger partial charge in [0.2, 0.25) is 0 Å². The first-order chi connectivity index (χ1) is 9.22. The molecule has 0 radical (unpaired) electrons. The molecular weight excluding hydrogens is 236 g/mol. The van der Waals surface area contributed by atoms with Crippen molar-refractivity contribution in [3.05, 3.63) is 48.3 Å². The zero-order chi connectivity index (χ0) is 13.7. The number of hydrogen-bond donors (Lipinski definition) is 0. The summed E-state index contributed by atoms with van der Waals surface area (Å²) in [5.74, 6) is 1.12.